The number of carbonyl (C=O) groups is 1. The molecule has 1 amide bonds. The standard InChI is InChI=1S/C17H15N3O2/c21-11-13-2-1-3-15(10-13)19-17(22)14-4-6-16(7-5-14)20-9-8-18-12-20/h1-10,12,21H,11H2,(H,19,22). The molecule has 22 heavy (non-hydrogen) atoms. The van der Waals surface area contributed by atoms with Crippen LogP contribution in [0.15, 0.2) is 67.3 Å². The zero-order valence-electron chi connectivity index (χ0n) is 11.8. The molecular weight excluding hydrogens is 278 g/mol. The van der Waals surface area contributed by atoms with Crippen molar-refractivity contribution in [2.75, 3.05) is 5.32 Å². The van der Waals surface area contributed by atoms with E-state index in [1.165, 1.54) is 0 Å². The van der Waals surface area contributed by atoms with E-state index in [2.05, 4.69) is 10.3 Å². The van der Waals surface area contributed by atoms with Gasteiger partial charge in [-0.2, -0.15) is 0 Å². The minimum absolute atomic E-state index is 0.0523. The highest BCUT2D eigenvalue weighted by Gasteiger charge is 2.06. The van der Waals surface area contributed by atoms with E-state index < -0.39 is 0 Å². The number of nitrogens with zero attached hydrogens (tertiary/aromatic N) is 2. The van der Waals surface area contributed by atoms with Crippen LogP contribution in [0.25, 0.3) is 5.69 Å². The van der Waals surface area contributed by atoms with E-state index in [0.29, 0.717) is 11.3 Å². The van der Waals surface area contributed by atoms with E-state index in [1.807, 2.05) is 22.9 Å². The predicted molar refractivity (Wildman–Crippen MR) is 83.9 cm³/mol. The molecule has 3 aromatic rings. The fraction of sp³-hybridized carbons (Fsp3) is 0.0588. The van der Waals surface area contributed by atoms with E-state index in [0.717, 1.165) is 11.3 Å². The lowest BCUT2D eigenvalue weighted by Gasteiger charge is -2.08. The van der Waals surface area contributed by atoms with Crippen molar-refractivity contribution < 1.29 is 9.90 Å². The number of hydrogen-bond donors (Lipinski definition) is 2. The number of aliphatic hydroxyl groups excluding tert-OH is 1. The van der Waals surface area contributed by atoms with Crippen LogP contribution in [0.2, 0.25) is 0 Å². The number of carbonyl (C=O) groups excluding carboxylic acids is 1. The van der Waals surface area contributed by atoms with Crippen LogP contribution in [-0.4, -0.2) is 20.6 Å². The summed E-state index contributed by atoms with van der Waals surface area (Å²) in [5.74, 6) is -0.188. The molecule has 0 aliphatic heterocycles. The minimum Gasteiger partial charge on any atom is -0.392 e. The summed E-state index contributed by atoms with van der Waals surface area (Å²) in [6, 6.07) is 14.4. The van der Waals surface area contributed by atoms with Crippen LogP contribution >= 0.6 is 0 Å². The highest BCUT2D eigenvalue weighted by atomic mass is 16.3. The van der Waals surface area contributed by atoms with E-state index >= 15 is 0 Å². The molecular formula is C17H15N3O2. The number of hydrogen-bond acceptors (Lipinski definition) is 3. The van der Waals surface area contributed by atoms with E-state index in [9.17, 15) is 4.79 Å². The quantitative estimate of drug-likeness (QED) is 0.777. The number of aliphatic hydroxyl groups is 1. The normalized spacial score (nSPS) is 10.4. The highest BCUT2D eigenvalue weighted by molar-refractivity contribution is 6.04. The van der Waals surface area contributed by atoms with Gasteiger partial charge in [-0.15, -0.1) is 0 Å². The average molecular weight is 293 g/mol. The molecule has 0 bridgehead atoms. The van der Waals surface area contributed by atoms with Crippen LogP contribution in [0.5, 0.6) is 0 Å². The highest BCUT2D eigenvalue weighted by Crippen LogP contribution is 2.14. The lowest BCUT2D eigenvalue weighted by molar-refractivity contribution is 0.102. The van der Waals surface area contributed by atoms with E-state index in [4.69, 9.17) is 5.11 Å². The van der Waals surface area contributed by atoms with Crippen molar-refractivity contribution in [3.63, 3.8) is 0 Å². The molecule has 0 aliphatic rings. The fourth-order valence-electron chi connectivity index (χ4n) is 2.15. The lowest BCUT2D eigenvalue weighted by atomic mass is 10.1. The van der Waals surface area contributed by atoms with Gasteiger partial charge >= 0.3 is 0 Å². The van der Waals surface area contributed by atoms with Gasteiger partial charge in [-0.1, -0.05) is 12.1 Å². The maximum absolute atomic E-state index is 12.2. The van der Waals surface area contributed by atoms with Crippen LogP contribution in [-0.2, 0) is 6.61 Å². The number of anilines is 1. The third-order valence-electron chi connectivity index (χ3n) is 3.30. The second-order valence-corrected chi connectivity index (χ2v) is 4.83. The van der Waals surface area contributed by atoms with Crippen molar-refractivity contribution >= 4 is 11.6 Å². The topological polar surface area (TPSA) is 67.2 Å². The second-order valence-electron chi connectivity index (χ2n) is 4.83. The molecule has 0 atom stereocenters. The Balaban J connectivity index is 1.74. The van der Waals surface area contributed by atoms with Crippen molar-refractivity contribution in [1.29, 1.82) is 0 Å². The Labute approximate surface area is 127 Å². The summed E-state index contributed by atoms with van der Waals surface area (Å²) >= 11 is 0. The SMILES string of the molecule is O=C(Nc1cccc(CO)c1)c1ccc(-n2ccnc2)cc1. The Morgan fingerprint density at radius 1 is 1.18 bits per heavy atom. The molecule has 1 heterocycles. The molecule has 0 saturated carbocycles. The summed E-state index contributed by atoms with van der Waals surface area (Å²) in [4.78, 5) is 16.2. The fourth-order valence-corrected chi connectivity index (χ4v) is 2.15. The Hall–Kier alpha value is -2.92. The van der Waals surface area contributed by atoms with Crippen molar-refractivity contribution in [2.24, 2.45) is 0 Å². The molecule has 0 fully saturated rings. The molecule has 5 heteroatoms. The maximum atomic E-state index is 12.2. The molecule has 3 rings (SSSR count). The van der Waals surface area contributed by atoms with Gasteiger partial charge in [-0.3, -0.25) is 4.79 Å². The molecule has 1 aromatic heterocycles. The first-order valence-electron chi connectivity index (χ1n) is 6.86. The summed E-state index contributed by atoms with van der Waals surface area (Å²) in [7, 11) is 0. The van der Waals surface area contributed by atoms with Crippen molar-refractivity contribution in [3.8, 4) is 5.69 Å². The van der Waals surface area contributed by atoms with Crippen LogP contribution in [0.4, 0.5) is 5.69 Å². The third-order valence-corrected chi connectivity index (χ3v) is 3.30. The van der Waals surface area contributed by atoms with Crippen LogP contribution in [0.3, 0.4) is 0 Å². The first-order chi connectivity index (χ1) is 10.8. The maximum Gasteiger partial charge on any atom is 0.255 e. The number of rotatable bonds is 4. The first kappa shape index (κ1) is 14.0. The van der Waals surface area contributed by atoms with Gasteiger partial charge in [-0.05, 0) is 42.0 Å². The number of amides is 1. The molecule has 2 N–H and O–H groups in total. The number of benzene rings is 2. The number of aromatic nitrogens is 2. The number of nitrogens with one attached hydrogen (secondary N) is 1. The van der Waals surface area contributed by atoms with Crippen LogP contribution in [0.1, 0.15) is 15.9 Å². The largest absolute Gasteiger partial charge is 0.392 e. The average Bonchev–Trinajstić information content (AvgIpc) is 3.09. The Bertz CT molecular complexity index is 765. The Kier molecular flexibility index (Phi) is 3.98. The molecule has 0 aliphatic carbocycles. The second kappa shape index (κ2) is 6.24. The molecule has 2 aromatic carbocycles. The Morgan fingerprint density at radius 3 is 2.68 bits per heavy atom. The monoisotopic (exact) mass is 293 g/mol. The van der Waals surface area contributed by atoms with Crippen LogP contribution < -0.4 is 5.32 Å². The molecule has 0 spiro atoms. The summed E-state index contributed by atoms with van der Waals surface area (Å²) in [5.41, 5.74) is 2.93. The van der Waals surface area contributed by atoms with Gasteiger partial charge < -0.3 is 15.0 Å². The summed E-state index contributed by atoms with van der Waals surface area (Å²) < 4.78 is 1.87. The third kappa shape index (κ3) is 3.05. The van der Waals surface area contributed by atoms with Gasteiger partial charge in [0.15, 0.2) is 0 Å². The molecule has 5 nitrogen and oxygen atoms in total. The molecule has 110 valence electrons. The van der Waals surface area contributed by atoms with E-state index in [-0.39, 0.29) is 12.5 Å². The van der Waals surface area contributed by atoms with Gasteiger partial charge in [-0.25, -0.2) is 4.98 Å². The first-order valence-corrected chi connectivity index (χ1v) is 6.86. The Morgan fingerprint density at radius 2 is 2.00 bits per heavy atom. The van der Waals surface area contributed by atoms with Gasteiger partial charge in [0, 0.05) is 29.3 Å². The summed E-state index contributed by atoms with van der Waals surface area (Å²) in [6.45, 7) is -0.0523. The van der Waals surface area contributed by atoms with Gasteiger partial charge in [0.25, 0.3) is 5.91 Å². The summed E-state index contributed by atoms with van der Waals surface area (Å²) in [6.07, 6.45) is 5.25. The molecule has 0 unspecified atom stereocenters. The summed E-state index contributed by atoms with van der Waals surface area (Å²) in [5, 5.41) is 11.9. The van der Waals surface area contributed by atoms with Crippen molar-refractivity contribution in [1.82, 2.24) is 9.55 Å². The predicted octanol–water partition coefficient (Wildman–Crippen LogP) is 2.62. The van der Waals surface area contributed by atoms with Crippen LogP contribution in [0, 0.1) is 0 Å². The van der Waals surface area contributed by atoms with Gasteiger partial charge in [0.1, 0.15) is 0 Å². The molecule has 0 radical (unpaired) electrons. The zero-order chi connectivity index (χ0) is 15.4. The van der Waals surface area contributed by atoms with Crippen molar-refractivity contribution in [3.05, 3.63) is 78.4 Å². The number of imidazole rings is 1. The smallest absolute Gasteiger partial charge is 0.255 e. The van der Waals surface area contributed by atoms with Gasteiger partial charge in [0.2, 0.25) is 0 Å². The van der Waals surface area contributed by atoms with Gasteiger partial charge in [0.05, 0.1) is 12.9 Å². The zero-order valence-corrected chi connectivity index (χ0v) is 11.8. The minimum atomic E-state index is -0.188. The molecule has 0 saturated heterocycles. The van der Waals surface area contributed by atoms with Crippen molar-refractivity contribution in [2.45, 2.75) is 6.61 Å². The lowest BCUT2D eigenvalue weighted by Crippen LogP contribution is -2.12. The van der Waals surface area contributed by atoms with E-state index in [1.54, 1.807) is 48.9 Å².